The first kappa shape index (κ1) is 12.2. The molecule has 1 aliphatic carbocycles. The first-order valence-corrected chi connectivity index (χ1v) is 6.36. The first-order chi connectivity index (χ1) is 7.58. The van der Waals surface area contributed by atoms with Crippen LogP contribution in [0.1, 0.15) is 31.2 Å². The van der Waals surface area contributed by atoms with Crippen LogP contribution in [0.25, 0.3) is 0 Å². The van der Waals surface area contributed by atoms with E-state index in [1.807, 2.05) is 0 Å². The molecule has 0 N–H and O–H groups in total. The number of benzene rings is 1. The summed E-state index contributed by atoms with van der Waals surface area (Å²) in [5.74, 6) is 0. The van der Waals surface area contributed by atoms with Crippen LogP contribution in [-0.2, 0) is 10.2 Å². The third kappa shape index (κ3) is 1.85. The van der Waals surface area contributed by atoms with E-state index in [4.69, 9.17) is 34.8 Å². The van der Waals surface area contributed by atoms with Crippen LogP contribution in [0.5, 0.6) is 0 Å². The number of carbonyl (C=O) groups excluding carboxylic acids is 1. The molecule has 1 fully saturated rings. The van der Waals surface area contributed by atoms with Gasteiger partial charge in [0, 0.05) is 15.6 Å². The normalized spacial score (nSPS) is 18.7. The van der Waals surface area contributed by atoms with Crippen LogP contribution >= 0.6 is 34.8 Å². The second-order valence-corrected chi connectivity index (χ2v) is 5.32. The van der Waals surface area contributed by atoms with E-state index in [2.05, 4.69) is 0 Å². The van der Waals surface area contributed by atoms with E-state index < -0.39 is 5.41 Å². The van der Waals surface area contributed by atoms with E-state index in [1.165, 1.54) is 0 Å². The van der Waals surface area contributed by atoms with Crippen LogP contribution in [0.2, 0.25) is 10.0 Å². The summed E-state index contributed by atoms with van der Waals surface area (Å²) in [5, 5.41) is 0.715. The highest BCUT2D eigenvalue weighted by Gasteiger charge is 2.44. The van der Waals surface area contributed by atoms with Crippen LogP contribution in [0.15, 0.2) is 18.2 Å². The average Bonchev–Trinajstić information content (AvgIpc) is 2.67. The SMILES string of the molecule is O=C(Cl)C1(c2c(Cl)cccc2Cl)CCCC1. The largest absolute Gasteiger partial charge is 0.280 e. The van der Waals surface area contributed by atoms with Gasteiger partial charge in [-0.05, 0) is 36.6 Å². The molecule has 2 rings (SSSR count). The summed E-state index contributed by atoms with van der Waals surface area (Å²) in [7, 11) is 0. The molecule has 86 valence electrons. The molecule has 0 bridgehead atoms. The number of halogens is 3. The van der Waals surface area contributed by atoms with Gasteiger partial charge in [0.05, 0.1) is 5.41 Å². The Bertz CT molecular complexity index is 402. The minimum Gasteiger partial charge on any atom is -0.280 e. The molecular weight excluding hydrogens is 266 g/mol. The van der Waals surface area contributed by atoms with E-state index in [0.717, 1.165) is 25.7 Å². The lowest BCUT2D eigenvalue weighted by Crippen LogP contribution is -2.30. The van der Waals surface area contributed by atoms with Crippen molar-refractivity contribution in [2.24, 2.45) is 0 Å². The monoisotopic (exact) mass is 276 g/mol. The fourth-order valence-corrected chi connectivity index (χ4v) is 3.52. The van der Waals surface area contributed by atoms with Gasteiger partial charge in [0.1, 0.15) is 0 Å². The Morgan fingerprint density at radius 2 is 1.62 bits per heavy atom. The number of carbonyl (C=O) groups is 1. The molecule has 1 nitrogen and oxygen atoms in total. The van der Waals surface area contributed by atoms with Gasteiger partial charge < -0.3 is 0 Å². The molecule has 0 radical (unpaired) electrons. The van der Waals surface area contributed by atoms with Crippen LogP contribution in [0.4, 0.5) is 0 Å². The Kier molecular flexibility index (Phi) is 3.48. The Hall–Kier alpha value is -0.240. The predicted octanol–water partition coefficient (Wildman–Crippen LogP) is 4.57. The first-order valence-electron chi connectivity index (χ1n) is 5.22. The van der Waals surface area contributed by atoms with Gasteiger partial charge in [-0.15, -0.1) is 0 Å². The summed E-state index contributed by atoms with van der Waals surface area (Å²) in [6.07, 6.45) is 3.44. The summed E-state index contributed by atoms with van der Waals surface area (Å²) >= 11 is 18.1. The van der Waals surface area contributed by atoms with Gasteiger partial charge in [0.25, 0.3) is 0 Å². The van der Waals surface area contributed by atoms with Crippen molar-refractivity contribution in [1.82, 2.24) is 0 Å². The molecule has 16 heavy (non-hydrogen) atoms. The lowest BCUT2D eigenvalue weighted by Gasteiger charge is -2.27. The molecule has 0 unspecified atom stereocenters. The lowest BCUT2D eigenvalue weighted by molar-refractivity contribution is -0.116. The van der Waals surface area contributed by atoms with Crippen LogP contribution < -0.4 is 0 Å². The summed E-state index contributed by atoms with van der Waals surface area (Å²) in [6, 6.07) is 5.28. The maximum Gasteiger partial charge on any atom is 0.232 e. The van der Waals surface area contributed by atoms with Gasteiger partial charge in [-0.3, -0.25) is 4.79 Å². The summed E-state index contributed by atoms with van der Waals surface area (Å²) in [5.41, 5.74) is 0.0348. The molecule has 1 saturated carbocycles. The van der Waals surface area contributed by atoms with Crippen molar-refractivity contribution in [2.45, 2.75) is 31.1 Å². The molecule has 0 aromatic heterocycles. The van der Waals surface area contributed by atoms with Crippen LogP contribution in [0, 0.1) is 0 Å². The zero-order chi connectivity index (χ0) is 11.8. The fourth-order valence-electron chi connectivity index (χ4n) is 2.48. The molecule has 1 aromatic rings. The van der Waals surface area contributed by atoms with Crippen molar-refractivity contribution >= 4 is 40.0 Å². The quantitative estimate of drug-likeness (QED) is 0.724. The van der Waals surface area contributed by atoms with E-state index in [0.29, 0.717) is 15.6 Å². The van der Waals surface area contributed by atoms with E-state index in [1.54, 1.807) is 18.2 Å². The minimum atomic E-state index is -0.670. The molecule has 0 spiro atoms. The van der Waals surface area contributed by atoms with E-state index in [9.17, 15) is 4.79 Å². The molecular formula is C12H11Cl3O. The van der Waals surface area contributed by atoms with Crippen molar-refractivity contribution in [3.05, 3.63) is 33.8 Å². The Labute approximate surface area is 110 Å². The van der Waals surface area contributed by atoms with Crippen molar-refractivity contribution in [3.8, 4) is 0 Å². The third-order valence-corrected chi connectivity index (χ3v) is 4.27. The third-order valence-electron chi connectivity index (χ3n) is 3.27. The predicted molar refractivity (Wildman–Crippen MR) is 67.5 cm³/mol. The molecule has 4 heteroatoms. The fraction of sp³-hybridized carbons (Fsp3) is 0.417. The number of rotatable bonds is 2. The zero-order valence-corrected chi connectivity index (χ0v) is 10.9. The molecule has 1 aliphatic rings. The highest BCUT2D eigenvalue weighted by Crippen LogP contribution is 2.47. The lowest BCUT2D eigenvalue weighted by atomic mass is 9.80. The van der Waals surface area contributed by atoms with Gasteiger partial charge in [-0.2, -0.15) is 0 Å². The van der Waals surface area contributed by atoms with Crippen molar-refractivity contribution in [3.63, 3.8) is 0 Å². The minimum absolute atomic E-state index is 0.347. The Balaban J connectivity index is 2.60. The van der Waals surface area contributed by atoms with Gasteiger partial charge in [0.15, 0.2) is 0 Å². The topological polar surface area (TPSA) is 17.1 Å². The Morgan fingerprint density at radius 1 is 1.12 bits per heavy atom. The standard InChI is InChI=1S/C12H11Cl3O/c13-8-4-3-5-9(14)10(8)12(11(15)16)6-1-2-7-12/h3-5H,1-2,6-7H2. The molecule has 0 heterocycles. The van der Waals surface area contributed by atoms with Gasteiger partial charge >= 0.3 is 0 Å². The summed E-state index contributed by atoms with van der Waals surface area (Å²) < 4.78 is 0. The molecule has 0 atom stereocenters. The molecule has 0 aliphatic heterocycles. The molecule has 1 aromatic carbocycles. The zero-order valence-electron chi connectivity index (χ0n) is 8.60. The van der Waals surface area contributed by atoms with Gasteiger partial charge in [0.2, 0.25) is 5.24 Å². The van der Waals surface area contributed by atoms with Crippen LogP contribution in [0.3, 0.4) is 0 Å². The maximum atomic E-state index is 11.7. The molecule has 0 saturated heterocycles. The van der Waals surface area contributed by atoms with E-state index >= 15 is 0 Å². The second kappa shape index (κ2) is 4.56. The molecule has 0 amide bonds. The van der Waals surface area contributed by atoms with E-state index in [-0.39, 0.29) is 5.24 Å². The van der Waals surface area contributed by atoms with Gasteiger partial charge in [-0.1, -0.05) is 42.1 Å². The highest BCUT2D eigenvalue weighted by atomic mass is 35.5. The van der Waals surface area contributed by atoms with Crippen LogP contribution in [-0.4, -0.2) is 5.24 Å². The van der Waals surface area contributed by atoms with Crippen molar-refractivity contribution in [2.75, 3.05) is 0 Å². The van der Waals surface area contributed by atoms with Crippen molar-refractivity contribution < 1.29 is 4.79 Å². The highest BCUT2D eigenvalue weighted by molar-refractivity contribution is 6.65. The van der Waals surface area contributed by atoms with Crippen molar-refractivity contribution in [1.29, 1.82) is 0 Å². The second-order valence-electron chi connectivity index (χ2n) is 4.16. The maximum absolute atomic E-state index is 11.7. The Morgan fingerprint density at radius 3 is 2.06 bits per heavy atom. The average molecular weight is 278 g/mol. The smallest absolute Gasteiger partial charge is 0.232 e. The summed E-state index contributed by atoms with van der Waals surface area (Å²) in [4.78, 5) is 11.7. The summed E-state index contributed by atoms with van der Waals surface area (Å²) in [6.45, 7) is 0. The number of hydrogen-bond donors (Lipinski definition) is 0. The van der Waals surface area contributed by atoms with Gasteiger partial charge in [-0.25, -0.2) is 0 Å². The number of hydrogen-bond acceptors (Lipinski definition) is 1.